The predicted molar refractivity (Wildman–Crippen MR) is 246 cm³/mol. The van der Waals surface area contributed by atoms with Gasteiger partial charge in [0.15, 0.2) is 0 Å². The van der Waals surface area contributed by atoms with Gasteiger partial charge in [-0.2, -0.15) is 0 Å². The van der Waals surface area contributed by atoms with E-state index in [2.05, 4.69) is 150 Å². The Bertz CT molecular complexity index is 454. The Morgan fingerprint density at radius 3 is 0.451 bits per heavy atom. The first-order valence-corrected chi connectivity index (χ1v) is 29.2. The summed E-state index contributed by atoms with van der Waals surface area (Å²) in [5.41, 5.74) is 0. The van der Waals surface area contributed by atoms with Crippen LogP contribution >= 0.6 is 169 Å². The van der Waals surface area contributed by atoms with Crippen molar-refractivity contribution in [3.8, 4) is 0 Å². The van der Waals surface area contributed by atoms with E-state index in [0.717, 1.165) is 106 Å². The maximum Gasteiger partial charge on any atom is 0.332 e. The average molecular weight is 1420 g/mol. The molecule has 0 rings (SSSR count). The minimum atomic E-state index is -1.16. The van der Waals surface area contributed by atoms with Crippen LogP contribution in [0.4, 0.5) is 0 Å². The van der Waals surface area contributed by atoms with Crippen LogP contribution in [0.15, 0.2) is 0 Å². The van der Waals surface area contributed by atoms with Crippen LogP contribution in [0.1, 0.15) is 57.8 Å². The van der Waals surface area contributed by atoms with E-state index in [1.54, 1.807) is 0 Å². The minimum absolute atomic E-state index is 0. The van der Waals surface area contributed by atoms with Gasteiger partial charge in [-0.25, -0.2) is 0 Å². The van der Waals surface area contributed by atoms with Gasteiger partial charge in [-0.15, -0.1) is 0 Å². The summed E-state index contributed by atoms with van der Waals surface area (Å²) in [5.74, 6) is 0. The molecule has 0 N–H and O–H groups in total. The summed E-state index contributed by atoms with van der Waals surface area (Å²) in [6, 6.07) is 0. The van der Waals surface area contributed by atoms with Crippen molar-refractivity contribution in [1.29, 1.82) is 0 Å². The first-order valence-electron chi connectivity index (χ1n) is 15.9. The van der Waals surface area contributed by atoms with Gasteiger partial charge in [0.2, 0.25) is 0 Å². The molecule has 314 valence electrons. The Kier molecular flexibility index (Phi) is 83.0. The van der Waals surface area contributed by atoms with E-state index in [0.29, 0.717) is 59.5 Å². The standard InChI is InChI=1S/3C9H18Br3O3P.CO.Ni/c3*10-4-1-7-13-16(14-8-2-5-11)15-9-3-6-12;1-2;/h3*1-9H2;;. The quantitative estimate of drug-likeness (QED) is 0.0261. The molecule has 0 aliphatic rings. The zero-order valence-corrected chi connectivity index (χ0v) is 46.7. The summed E-state index contributed by atoms with van der Waals surface area (Å²) in [7, 11) is -3.47. The van der Waals surface area contributed by atoms with Crippen molar-refractivity contribution in [3.05, 3.63) is 0 Å². The number of rotatable bonds is 36. The van der Waals surface area contributed by atoms with Crippen LogP contribution in [0.2, 0.25) is 0 Å². The molecule has 0 aliphatic carbocycles. The van der Waals surface area contributed by atoms with Gasteiger partial charge in [0.05, 0.1) is 59.5 Å². The van der Waals surface area contributed by atoms with E-state index in [1.807, 2.05) is 0 Å². The Hall–Kier alpha value is 5.41. The third-order valence-corrected chi connectivity index (χ3v) is 12.9. The van der Waals surface area contributed by atoms with Gasteiger partial charge in [-0.05, 0) is 57.8 Å². The van der Waals surface area contributed by atoms with Crippen LogP contribution in [0.3, 0.4) is 0 Å². The summed E-state index contributed by atoms with van der Waals surface area (Å²) < 4.78 is 49.8. The van der Waals surface area contributed by atoms with Crippen molar-refractivity contribution in [3.63, 3.8) is 0 Å². The van der Waals surface area contributed by atoms with Gasteiger partial charge in [0.1, 0.15) is 0 Å². The Morgan fingerprint density at radius 2 is 0.373 bits per heavy atom. The first kappa shape index (κ1) is 65.5. The monoisotopic (exact) mass is 1410 g/mol. The fourth-order valence-corrected chi connectivity index (χ4v) is 7.31. The van der Waals surface area contributed by atoms with Gasteiger partial charge < -0.3 is 40.7 Å². The average Bonchev–Trinajstić information content (AvgIpc) is 3.13. The predicted octanol–water partition coefficient (Wildman–Crippen LogP) is 13.5. The minimum Gasteiger partial charge on any atom is -0.312 e. The molecule has 0 aromatic carbocycles. The number of halogens is 9. The molecule has 0 heterocycles. The van der Waals surface area contributed by atoms with E-state index in [-0.39, 0.29) is 16.5 Å². The van der Waals surface area contributed by atoms with Crippen LogP contribution in [-0.4, -0.2) is 114 Å². The summed E-state index contributed by atoms with van der Waals surface area (Å²) in [6.07, 6.45) is 8.77. The summed E-state index contributed by atoms with van der Waals surface area (Å²) >= 11 is 30.2. The van der Waals surface area contributed by atoms with E-state index in [1.165, 1.54) is 0 Å². The molecule has 0 saturated heterocycles. The second-order valence-electron chi connectivity index (χ2n) is 8.55. The number of hydrogen-bond acceptors (Lipinski definition) is 10. The SMILES string of the molecule is BrCCCOP(OCCCBr)OCCCBr.BrCCCOP(OCCCBr)OCCCBr.BrCCCOP(OCCCBr)OCCCBr.[C]=O.[Ni]. The smallest absolute Gasteiger partial charge is 0.312 e. The molecule has 51 heavy (non-hydrogen) atoms. The molecule has 23 heteroatoms. The molecule has 0 bridgehead atoms. The van der Waals surface area contributed by atoms with Crippen molar-refractivity contribution in [2.24, 2.45) is 0 Å². The van der Waals surface area contributed by atoms with Gasteiger partial charge in [-0.1, -0.05) is 143 Å². The zero-order chi connectivity index (χ0) is 38.2. The van der Waals surface area contributed by atoms with Crippen LogP contribution in [0, 0.1) is 0 Å². The fourth-order valence-electron chi connectivity index (χ4n) is 2.08. The zero-order valence-electron chi connectivity index (χ0n) is 28.7. The third kappa shape index (κ3) is 62.2. The normalized spacial score (nSPS) is 10.7. The molecule has 0 aromatic rings. The largest absolute Gasteiger partial charge is 0.332 e. The van der Waals surface area contributed by atoms with Crippen LogP contribution in [-0.2, 0) is 62.0 Å². The second-order valence-corrected chi connectivity index (χ2v) is 19.4. The molecule has 0 amide bonds. The Labute approximate surface area is 398 Å². The molecule has 0 unspecified atom stereocenters. The van der Waals surface area contributed by atoms with E-state index in [9.17, 15) is 0 Å². The topological polar surface area (TPSA) is 100 Å². The first-order chi connectivity index (χ1) is 24.5. The molecule has 10 nitrogen and oxygen atoms in total. The molecule has 0 saturated carbocycles. The summed E-state index contributed by atoms with van der Waals surface area (Å²) in [5, 5.41) is 8.49. The Balaban J connectivity index is -0.000000200. The van der Waals surface area contributed by atoms with Crippen molar-refractivity contribution < 1.29 is 62.0 Å². The van der Waals surface area contributed by atoms with Crippen LogP contribution in [0.5, 0.6) is 0 Å². The van der Waals surface area contributed by atoms with Gasteiger partial charge in [-0.3, -0.25) is 4.79 Å². The molecule has 0 fully saturated rings. The van der Waals surface area contributed by atoms with Gasteiger partial charge in [0.25, 0.3) is 6.79 Å². The number of alkyl halides is 9. The molecular weight excluding hydrogens is 1370 g/mol. The second kappa shape index (κ2) is 64.6. The molecule has 2 radical (unpaired) electrons. The molecule has 0 spiro atoms. The van der Waals surface area contributed by atoms with Crippen LogP contribution in [0.25, 0.3) is 0 Å². The van der Waals surface area contributed by atoms with Crippen LogP contribution < -0.4 is 0 Å². The maximum atomic E-state index is 7.50. The third-order valence-electron chi connectivity index (χ3n) is 4.27. The van der Waals surface area contributed by atoms with Gasteiger partial charge in [0, 0.05) is 64.5 Å². The van der Waals surface area contributed by atoms with Crippen molar-refractivity contribution in [2.75, 3.05) is 107 Å². The van der Waals surface area contributed by atoms with Crippen molar-refractivity contribution in [1.82, 2.24) is 0 Å². The van der Waals surface area contributed by atoms with E-state index >= 15 is 0 Å². The number of hydrogen-bond donors (Lipinski definition) is 0. The van der Waals surface area contributed by atoms with Crippen molar-refractivity contribution >= 4 is 176 Å². The molecule has 0 aromatic heterocycles. The summed E-state index contributed by atoms with van der Waals surface area (Å²) in [4.78, 5) is 7.50. The van der Waals surface area contributed by atoms with E-state index < -0.39 is 25.8 Å². The van der Waals surface area contributed by atoms with Gasteiger partial charge >= 0.3 is 25.8 Å². The fraction of sp³-hybridized carbons (Fsp3) is 0.964. The molecular formula is C28H54Br9NiO10P3. The molecule has 0 atom stereocenters. The maximum absolute atomic E-state index is 7.50. The summed E-state index contributed by atoms with van der Waals surface area (Å²) in [6.45, 7) is 10.6. The molecule has 0 aliphatic heterocycles. The van der Waals surface area contributed by atoms with E-state index in [4.69, 9.17) is 45.5 Å². The number of carbonyl (C=O) groups excluding carboxylic acids is 1. The van der Waals surface area contributed by atoms with Crippen molar-refractivity contribution in [2.45, 2.75) is 57.8 Å². The Morgan fingerprint density at radius 1 is 0.275 bits per heavy atom.